The second-order valence-corrected chi connectivity index (χ2v) is 5.36. The van der Waals surface area contributed by atoms with Gasteiger partial charge in [-0.1, -0.05) is 12.1 Å². The van der Waals surface area contributed by atoms with Crippen LogP contribution in [0.5, 0.6) is 0 Å². The van der Waals surface area contributed by atoms with E-state index < -0.39 is 5.97 Å². The van der Waals surface area contributed by atoms with Crippen molar-refractivity contribution in [3.8, 4) is 0 Å². The Hall–Kier alpha value is -1.59. The predicted octanol–water partition coefficient (Wildman–Crippen LogP) is 1.30. The molecule has 108 valence electrons. The second-order valence-electron chi connectivity index (χ2n) is 5.36. The molecule has 5 heteroatoms. The number of carbonyl (C=O) groups is 1. The molecule has 0 bridgehead atoms. The molecule has 1 atom stereocenters. The Balaban J connectivity index is 1.72. The molecule has 0 saturated carbocycles. The highest BCUT2D eigenvalue weighted by molar-refractivity contribution is 5.94. The average molecular weight is 276 g/mol. The van der Waals surface area contributed by atoms with E-state index in [0.717, 1.165) is 51.5 Å². The summed E-state index contributed by atoms with van der Waals surface area (Å²) < 4.78 is 5.39. The molecule has 2 heterocycles. The van der Waals surface area contributed by atoms with Crippen molar-refractivity contribution in [1.29, 1.82) is 0 Å². The maximum Gasteiger partial charge on any atom is 0.337 e. The molecule has 0 spiro atoms. The third kappa shape index (κ3) is 2.64. The van der Waals surface area contributed by atoms with Crippen LogP contribution in [0, 0.1) is 0 Å². The largest absolute Gasteiger partial charge is 0.478 e. The maximum absolute atomic E-state index is 11.3. The van der Waals surface area contributed by atoms with Crippen LogP contribution in [0.25, 0.3) is 0 Å². The minimum Gasteiger partial charge on any atom is -0.478 e. The van der Waals surface area contributed by atoms with Crippen molar-refractivity contribution in [3.05, 3.63) is 29.8 Å². The van der Waals surface area contributed by atoms with Crippen LogP contribution in [-0.4, -0.2) is 61.4 Å². The van der Waals surface area contributed by atoms with Gasteiger partial charge in [0.2, 0.25) is 0 Å². The molecule has 3 rings (SSSR count). The molecule has 2 fully saturated rings. The van der Waals surface area contributed by atoms with Crippen LogP contribution < -0.4 is 4.90 Å². The van der Waals surface area contributed by atoms with Gasteiger partial charge < -0.3 is 14.7 Å². The Morgan fingerprint density at radius 1 is 1.20 bits per heavy atom. The Kier molecular flexibility index (Phi) is 3.89. The van der Waals surface area contributed by atoms with Crippen molar-refractivity contribution >= 4 is 11.7 Å². The second kappa shape index (κ2) is 5.81. The zero-order valence-electron chi connectivity index (χ0n) is 11.5. The van der Waals surface area contributed by atoms with E-state index in [1.807, 2.05) is 12.1 Å². The number of ether oxygens (including phenoxy) is 1. The summed E-state index contributed by atoms with van der Waals surface area (Å²) >= 11 is 0. The smallest absolute Gasteiger partial charge is 0.337 e. The molecule has 1 N–H and O–H groups in total. The van der Waals surface area contributed by atoms with E-state index in [0.29, 0.717) is 11.6 Å². The molecule has 5 nitrogen and oxygen atoms in total. The summed E-state index contributed by atoms with van der Waals surface area (Å²) in [4.78, 5) is 16.0. The summed E-state index contributed by atoms with van der Waals surface area (Å²) in [5.41, 5.74) is 1.24. The van der Waals surface area contributed by atoms with Gasteiger partial charge >= 0.3 is 5.97 Å². The Bertz CT molecular complexity index is 486. The standard InChI is InChI=1S/C15H20N2O3/c18-15(19)13-3-1-2-4-14(13)17-6-5-12(11-17)16-7-9-20-10-8-16/h1-4,12H,5-11H2,(H,18,19). The first kappa shape index (κ1) is 13.4. The lowest BCUT2D eigenvalue weighted by Crippen LogP contribution is -2.44. The predicted molar refractivity (Wildman–Crippen MR) is 76.4 cm³/mol. The van der Waals surface area contributed by atoms with E-state index in [2.05, 4.69) is 9.80 Å². The van der Waals surface area contributed by atoms with E-state index in [9.17, 15) is 9.90 Å². The molecule has 2 aliphatic heterocycles. The zero-order valence-corrected chi connectivity index (χ0v) is 11.5. The number of anilines is 1. The van der Waals surface area contributed by atoms with Gasteiger partial charge in [0.05, 0.1) is 24.5 Å². The molecule has 1 aromatic rings. The van der Waals surface area contributed by atoms with Gasteiger partial charge in [-0.15, -0.1) is 0 Å². The summed E-state index contributed by atoms with van der Waals surface area (Å²) in [7, 11) is 0. The van der Waals surface area contributed by atoms with Gasteiger partial charge in [-0.2, -0.15) is 0 Å². The highest BCUT2D eigenvalue weighted by Gasteiger charge is 2.30. The third-order valence-electron chi connectivity index (χ3n) is 4.20. The first-order chi connectivity index (χ1) is 9.75. The molecule has 1 aromatic carbocycles. The zero-order chi connectivity index (χ0) is 13.9. The number of benzene rings is 1. The van der Waals surface area contributed by atoms with Crippen LogP contribution >= 0.6 is 0 Å². The first-order valence-corrected chi connectivity index (χ1v) is 7.15. The van der Waals surface area contributed by atoms with Crippen molar-refractivity contribution in [2.75, 3.05) is 44.3 Å². The summed E-state index contributed by atoms with van der Waals surface area (Å²) in [6.45, 7) is 5.42. The molecule has 2 saturated heterocycles. The number of rotatable bonds is 3. The molecular weight excluding hydrogens is 256 g/mol. The topological polar surface area (TPSA) is 53.0 Å². The van der Waals surface area contributed by atoms with Gasteiger partial charge in [0.15, 0.2) is 0 Å². The Labute approximate surface area is 118 Å². The SMILES string of the molecule is O=C(O)c1ccccc1N1CCC(N2CCOCC2)C1. The van der Waals surface area contributed by atoms with Crippen LogP contribution in [0.4, 0.5) is 5.69 Å². The van der Waals surface area contributed by atoms with Crippen LogP contribution in [-0.2, 0) is 4.74 Å². The van der Waals surface area contributed by atoms with Crippen LogP contribution in [0.2, 0.25) is 0 Å². The summed E-state index contributed by atoms with van der Waals surface area (Å²) in [5, 5.41) is 9.29. The number of morpholine rings is 1. The Morgan fingerprint density at radius 2 is 1.95 bits per heavy atom. The number of hydrogen-bond acceptors (Lipinski definition) is 4. The number of para-hydroxylation sites is 1. The fourth-order valence-electron chi connectivity index (χ4n) is 3.13. The fourth-order valence-corrected chi connectivity index (χ4v) is 3.13. The van der Waals surface area contributed by atoms with E-state index in [1.54, 1.807) is 12.1 Å². The van der Waals surface area contributed by atoms with Gasteiger partial charge in [-0.25, -0.2) is 4.79 Å². The van der Waals surface area contributed by atoms with E-state index >= 15 is 0 Å². The molecule has 0 radical (unpaired) electrons. The average Bonchev–Trinajstić information content (AvgIpc) is 2.98. The molecular formula is C15H20N2O3. The maximum atomic E-state index is 11.3. The van der Waals surface area contributed by atoms with E-state index in [-0.39, 0.29) is 0 Å². The summed E-state index contributed by atoms with van der Waals surface area (Å²) in [6, 6.07) is 7.79. The first-order valence-electron chi connectivity index (χ1n) is 7.15. The van der Waals surface area contributed by atoms with Gasteiger partial charge in [0, 0.05) is 32.2 Å². The van der Waals surface area contributed by atoms with Gasteiger partial charge in [-0.3, -0.25) is 4.90 Å². The van der Waals surface area contributed by atoms with Gasteiger partial charge in [-0.05, 0) is 18.6 Å². The summed E-state index contributed by atoms with van der Waals surface area (Å²) in [5.74, 6) is -0.851. The molecule has 2 aliphatic rings. The van der Waals surface area contributed by atoms with Crippen molar-refractivity contribution < 1.29 is 14.6 Å². The lowest BCUT2D eigenvalue weighted by atomic mass is 10.1. The molecule has 0 aromatic heterocycles. The molecule has 0 amide bonds. The molecule has 0 aliphatic carbocycles. The number of carboxylic acid groups (broad SMARTS) is 1. The van der Waals surface area contributed by atoms with Crippen LogP contribution in [0.1, 0.15) is 16.8 Å². The monoisotopic (exact) mass is 276 g/mol. The normalized spacial score (nSPS) is 24.0. The number of hydrogen-bond donors (Lipinski definition) is 1. The molecule has 1 unspecified atom stereocenters. The minimum atomic E-state index is -0.851. The van der Waals surface area contributed by atoms with E-state index in [1.165, 1.54) is 0 Å². The third-order valence-corrected chi connectivity index (χ3v) is 4.20. The van der Waals surface area contributed by atoms with Crippen LogP contribution in [0.15, 0.2) is 24.3 Å². The number of nitrogens with zero attached hydrogens (tertiary/aromatic N) is 2. The molecule has 20 heavy (non-hydrogen) atoms. The van der Waals surface area contributed by atoms with Crippen LogP contribution in [0.3, 0.4) is 0 Å². The quantitative estimate of drug-likeness (QED) is 0.901. The van der Waals surface area contributed by atoms with Crippen molar-refractivity contribution in [1.82, 2.24) is 4.90 Å². The number of aromatic carboxylic acids is 1. The van der Waals surface area contributed by atoms with E-state index in [4.69, 9.17) is 4.74 Å². The summed E-state index contributed by atoms with van der Waals surface area (Å²) in [6.07, 6.45) is 1.09. The Morgan fingerprint density at radius 3 is 2.70 bits per heavy atom. The highest BCUT2D eigenvalue weighted by atomic mass is 16.5. The minimum absolute atomic E-state index is 0.398. The van der Waals surface area contributed by atoms with Gasteiger partial charge in [0.1, 0.15) is 0 Å². The number of carboxylic acids is 1. The van der Waals surface area contributed by atoms with Crippen molar-refractivity contribution in [2.45, 2.75) is 12.5 Å². The lowest BCUT2D eigenvalue weighted by molar-refractivity contribution is 0.0209. The fraction of sp³-hybridized carbons (Fsp3) is 0.533. The highest BCUT2D eigenvalue weighted by Crippen LogP contribution is 2.26. The van der Waals surface area contributed by atoms with Gasteiger partial charge in [0.25, 0.3) is 0 Å². The lowest BCUT2D eigenvalue weighted by Gasteiger charge is -2.32. The van der Waals surface area contributed by atoms with Crippen molar-refractivity contribution in [2.24, 2.45) is 0 Å². The van der Waals surface area contributed by atoms with Crippen molar-refractivity contribution in [3.63, 3.8) is 0 Å².